The van der Waals surface area contributed by atoms with Gasteiger partial charge in [0.2, 0.25) is 5.91 Å². The average Bonchev–Trinajstić information content (AvgIpc) is 2.56. The summed E-state index contributed by atoms with van der Waals surface area (Å²) in [4.78, 5) is 27.4. The maximum atomic E-state index is 11.9. The number of amides is 2. The summed E-state index contributed by atoms with van der Waals surface area (Å²) in [5, 5.41) is 11.5. The molecule has 2 amide bonds. The first-order chi connectivity index (χ1) is 12.3. The monoisotopic (exact) mass is 491 g/mol. The molecule has 0 heterocycles. The summed E-state index contributed by atoms with van der Waals surface area (Å²) in [6, 6.07) is 9.24. The number of hydrogen-bond acceptors (Lipinski definition) is 4. The zero-order chi connectivity index (χ0) is 19.4. The minimum Gasteiger partial charge on any atom is -0.444 e. The van der Waals surface area contributed by atoms with E-state index in [4.69, 9.17) is 4.74 Å². The van der Waals surface area contributed by atoms with Crippen LogP contribution in [-0.2, 0) is 9.53 Å². The van der Waals surface area contributed by atoms with Gasteiger partial charge in [0, 0.05) is 25.8 Å². The predicted molar refractivity (Wildman–Crippen MR) is 119 cm³/mol. The smallest absolute Gasteiger partial charge is 0.407 e. The van der Waals surface area contributed by atoms with E-state index in [1.54, 1.807) is 7.05 Å². The third-order valence-electron chi connectivity index (χ3n) is 3.01. The average molecular weight is 491 g/mol. The third-order valence-corrected chi connectivity index (χ3v) is 3.01. The molecular weight excluding hydrogens is 461 g/mol. The van der Waals surface area contributed by atoms with Crippen LogP contribution in [0, 0.1) is 0 Å². The van der Waals surface area contributed by atoms with Crippen molar-refractivity contribution in [1.29, 1.82) is 0 Å². The molecule has 0 atom stereocenters. The number of hydrogen-bond donors (Lipinski definition) is 4. The van der Waals surface area contributed by atoms with Gasteiger partial charge in [0.25, 0.3) is 0 Å². The molecule has 0 aliphatic heterocycles. The van der Waals surface area contributed by atoms with Gasteiger partial charge in [-0.1, -0.05) is 18.2 Å². The zero-order valence-electron chi connectivity index (χ0n) is 16.3. The van der Waals surface area contributed by atoms with Gasteiger partial charge in [0.05, 0.1) is 6.54 Å². The summed E-state index contributed by atoms with van der Waals surface area (Å²) in [5.41, 5.74) is 0.240. The van der Waals surface area contributed by atoms with Gasteiger partial charge >= 0.3 is 6.09 Å². The van der Waals surface area contributed by atoms with Crippen molar-refractivity contribution in [2.45, 2.75) is 32.8 Å². The largest absolute Gasteiger partial charge is 0.444 e. The van der Waals surface area contributed by atoms with E-state index in [0.717, 1.165) is 5.69 Å². The summed E-state index contributed by atoms with van der Waals surface area (Å²) < 4.78 is 5.15. The standard InChI is InChI=1S/C18H29N5O3.HI/c1-18(2,3)26-17(25)21-12-8-11-20-16(19-4)22-13-15(24)23-14-9-6-5-7-10-14;/h5-7,9-10H,8,11-13H2,1-4H3,(H,21,25)(H,23,24)(H2,19,20,22);1H. The number of nitrogens with one attached hydrogen (secondary N) is 4. The lowest BCUT2D eigenvalue weighted by Gasteiger charge is -2.19. The van der Waals surface area contributed by atoms with Gasteiger partial charge in [-0.25, -0.2) is 4.79 Å². The van der Waals surface area contributed by atoms with E-state index in [1.165, 1.54) is 0 Å². The SMILES string of the molecule is CN=C(NCCCNC(=O)OC(C)(C)C)NCC(=O)Nc1ccccc1.I. The molecule has 0 radical (unpaired) electrons. The highest BCUT2D eigenvalue weighted by molar-refractivity contribution is 14.0. The molecule has 0 unspecified atom stereocenters. The highest BCUT2D eigenvalue weighted by Gasteiger charge is 2.15. The molecule has 0 aromatic heterocycles. The summed E-state index contributed by atoms with van der Waals surface area (Å²) in [5.74, 6) is 0.358. The number of anilines is 1. The van der Waals surface area contributed by atoms with Gasteiger partial charge in [-0.05, 0) is 39.3 Å². The number of carbonyl (C=O) groups is 2. The van der Waals surface area contributed by atoms with E-state index in [0.29, 0.717) is 25.5 Å². The molecule has 1 rings (SSSR count). The van der Waals surface area contributed by atoms with Crippen molar-refractivity contribution in [2.24, 2.45) is 4.99 Å². The van der Waals surface area contributed by atoms with Crippen molar-refractivity contribution in [3.05, 3.63) is 30.3 Å². The first kappa shape index (κ1) is 25.0. The molecule has 1 aromatic carbocycles. The Hall–Kier alpha value is -2.04. The van der Waals surface area contributed by atoms with Crippen molar-refractivity contribution in [2.75, 3.05) is 32.0 Å². The van der Waals surface area contributed by atoms with Crippen LogP contribution in [0.2, 0.25) is 0 Å². The fourth-order valence-corrected chi connectivity index (χ4v) is 1.91. The van der Waals surface area contributed by atoms with Crippen LogP contribution in [0.1, 0.15) is 27.2 Å². The Morgan fingerprint density at radius 3 is 2.26 bits per heavy atom. The predicted octanol–water partition coefficient (Wildman–Crippen LogP) is 2.32. The number of alkyl carbamates (subject to hydrolysis) is 1. The van der Waals surface area contributed by atoms with Crippen LogP contribution in [0.4, 0.5) is 10.5 Å². The van der Waals surface area contributed by atoms with Crippen LogP contribution in [0.15, 0.2) is 35.3 Å². The van der Waals surface area contributed by atoms with Crippen LogP contribution < -0.4 is 21.3 Å². The van der Waals surface area contributed by atoms with Crippen molar-refractivity contribution in [3.8, 4) is 0 Å². The molecule has 8 nitrogen and oxygen atoms in total. The van der Waals surface area contributed by atoms with E-state index in [1.807, 2.05) is 51.1 Å². The van der Waals surface area contributed by atoms with Gasteiger partial charge in [-0.3, -0.25) is 9.79 Å². The maximum absolute atomic E-state index is 11.9. The van der Waals surface area contributed by atoms with Crippen LogP contribution in [0.5, 0.6) is 0 Å². The lowest BCUT2D eigenvalue weighted by Crippen LogP contribution is -2.42. The Balaban J connectivity index is 0.00000676. The number of benzene rings is 1. The number of ether oxygens (including phenoxy) is 1. The quantitative estimate of drug-likeness (QED) is 0.203. The molecule has 0 spiro atoms. The molecule has 0 saturated heterocycles. The molecule has 4 N–H and O–H groups in total. The van der Waals surface area contributed by atoms with Crippen molar-refractivity contribution < 1.29 is 14.3 Å². The fourth-order valence-electron chi connectivity index (χ4n) is 1.91. The van der Waals surface area contributed by atoms with Crippen molar-refractivity contribution in [1.82, 2.24) is 16.0 Å². The maximum Gasteiger partial charge on any atom is 0.407 e. The number of aliphatic imine (C=N–C) groups is 1. The molecule has 0 aliphatic carbocycles. The van der Waals surface area contributed by atoms with Gasteiger partial charge in [-0.15, -0.1) is 24.0 Å². The second-order valence-corrected chi connectivity index (χ2v) is 6.55. The van der Waals surface area contributed by atoms with Crippen LogP contribution in [0.3, 0.4) is 0 Å². The Kier molecular flexibility index (Phi) is 12.2. The topological polar surface area (TPSA) is 104 Å². The summed E-state index contributed by atoms with van der Waals surface area (Å²) in [6.45, 7) is 6.63. The number of para-hydroxylation sites is 1. The van der Waals surface area contributed by atoms with E-state index in [9.17, 15) is 9.59 Å². The number of rotatable bonds is 7. The minimum absolute atomic E-state index is 0. The van der Waals surface area contributed by atoms with E-state index in [-0.39, 0.29) is 36.4 Å². The van der Waals surface area contributed by atoms with Gasteiger partial charge < -0.3 is 26.0 Å². The molecule has 0 bridgehead atoms. The second-order valence-electron chi connectivity index (χ2n) is 6.55. The summed E-state index contributed by atoms with van der Waals surface area (Å²) in [7, 11) is 1.63. The number of guanidine groups is 1. The fraction of sp³-hybridized carbons (Fsp3) is 0.500. The van der Waals surface area contributed by atoms with Crippen LogP contribution in [-0.4, -0.2) is 50.2 Å². The van der Waals surface area contributed by atoms with Crippen LogP contribution in [0.25, 0.3) is 0 Å². The normalized spacial score (nSPS) is 11.0. The summed E-state index contributed by atoms with van der Waals surface area (Å²) >= 11 is 0. The molecule has 1 aromatic rings. The van der Waals surface area contributed by atoms with Gasteiger partial charge in [0.1, 0.15) is 5.60 Å². The summed E-state index contributed by atoms with van der Waals surface area (Å²) in [6.07, 6.45) is 0.258. The Morgan fingerprint density at radius 2 is 1.67 bits per heavy atom. The molecule has 0 fully saturated rings. The highest BCUT2D eigenvalue weighted by Crippen LogP contribution is 2.06. The number of carbonyl (C=O) groups excluding carboxylic acids is 2. The minimum atomic E-state index is -0.505. The van der Waals surface area contributed by atoms with Gasteiger partial charge in [0.15, 0.2) is 5.96 Å². The molecule has 0 aliphatic rings. The molecule has 152 valence electrons. The van der Waals surface area contributed by atoms with Crippen molar-refractivity contribution >= 4 is 47.6 Å². The Labute approximate surface area is 177 Å². The van der Waals surface area contributed by atoms with Crippen LogP contribution >= 0.6 is 24.0 Å². The Morgan fingerprint density at radius 1 is 1.04 bits per heavy atom. The van der Waals surface area contributed by atoms with E-state index >= 15 is 0 Å². The number of nitrogens with zero attached hydrogens (tertiary/aromatic N) is 1. The lowest BCUT2D eigenvalue weighted by atomic mass is 10.2. The molecule has 27 heavy (non-hydrogen) atoms. The second kappa shape index (κ2) is 13.2. The Bertz CT molecular complexity index is 603. The third kappa shape index (κ3) is 12.9. The van der Waals surface area contributed by atoms with E-state index in [2.05, 4.69) is 26.3 Å². The zero-order valence-corrected chi connectivity index (χ0v) is 18.6. The van der Waals surface area contributed by atoms with Crippen molar-refractivity contribution in [3.63, 3.8) is 0 Å². The van der Waals surface area contributed by atoms with Gasteiger partial charge in [-0.2, -0.15) is 0 Å². The lowest BCUT2D eigenvalue weighted by molar-refractivity contribution is -0.115. The molecule has 9 heteroatoms. The highest BCUT2D eigenvalue weighted by atomic mass is 127. The molecule has 0 saturated carbocycles. The first-order valence-electron chi connectivity index (χ1n) is 8.56. The molecular formula is C18H30IN5O3. The number of halogens is 1. The first-order valence-corrected chi connectivity index (χ1v) is 8.56. The van der Waals surface area contributed by atoms with E-state index < -0.39 is 11.7 Å².